The molecule has 0 saturated heterocycles. The summed E-state index contributed by atoms with van der Waals surface area (Å²) in [7, 11) is 0. The molecule has 1 aromatic rings. The van der Waals surface area contributed by atoms with E-state index < -0.39 is 0 Å². The maximum atomic E-state index is 2.46. The first-order chi connectivity index (χ1) is 9.29. The van der Waals surface area contributed by atoms with Gasteiger partial charge in [-0.2, -0.15) is 0 Å². The zero-order valence-corrected chi connectivity index (χ0v) is 12.5. The summed E-state index contributed by atoms with van der Waals surface area (Å²) in [6.45, 7) is 6.73. The Balaban J connectivity index is 1.72. The number of unbranched alkanes of at least 4 members (excludes halogenated alkanes) is 5. The van der Waals surface area contributed by atoms with Crippen molar-refractivity contribution in [1.82, 2.24) is 4.90 Å². The van der Waals surface area contributed by atoms with Gasteiger partial charge in [0, 0.05) is 13.1 Å². The second-order valence-electron chi connectivity index (χ2n) is 5.76. The lowest BCUT2D eigenvalue weighted by Crippen LogP contribution is -2.21. The van der Waals surface area contributed by atoms with Crippen molar-refractivity contribution in [3.8, 4) is 0 Å². The normalized spacial score (nSPS) is 13.7. The van der Waals surface area contributed by atoms with Crippen LogP contribution in [0.25, 0.3) is 6.08 Å². The van der Waals surface area contributed by atoms with E-state index >= 15 is 0 Å². The number of hydrogen-bond acceptors (Lipinski definition) is 1. The number of hydrogen-bond donors (Lipinski definition) is 0. The Morgan fingerprint density at radius 2 is 1.84 bits per heavy atom. The van der Waals surface area contributed by atoms with Gasteiger partial charge in [-0.3, -0.25) is 0 Å². The lowest BCUT2D eigenvalue weighted by Gasteiger charge is -2.25. The summed E-state index contributed by atoms with van der Waals surface area (Å²) in [4.78, 5) is 2.46. The van der Waals surface area contributed by atoms with Gasteiger partial charge >= 0.3 is 0 Å². The molecule has 2 rings (SSSR count). The van der Waals surface area contributed by atoms with Crippen molar-refractivity contribution >= 4 is 6.08 Å². The molecule has 1 heteroatoms. The molecular formula is C18H27N. The van der Waals surface area contributed by atoms with Crippen molar-refractivity contribution in [3.63, 3.8) is 0 Å². The van der Waals surface area contributed by atoms with Crippen LogP contribution in [0.4, 0.5) is 0 Å². The summed E-state index contributed by atoms with van der Waals surface area (Å²) in [6.07, 6.45) is 12.8. The fraction of sp³-hybridized carbons (Fsp3) is 0.556. The summed E-state index contributed by atoms with van der Waals surface area (Å²) in [5.41, 5.74) is 4.23. The molecule has 1 aromatic carbocycles. The smallest absolute Gasteiger partial charge is 0.0429 e. The van der Waals surface area contributed by atoms with E-state index in [1.807, 2.05) is 0 Å². The van der Waals surface area contributed by atoms with Crippen LogP contribution in [0.1, 0.15) is 62.1 Å². The molecule has 1 aliphatic rings. The average Bonchev–Trinajstić information content (AvgIpc) is 2.43. The maximum Gasteiger partial charge on any atom is 0.0429 e. The molecule has 1 aliphatic heterocycles. The summed E-state index contributed by atoms with van der Waals surface area (Å²) in [6, 6.07) is 6.79. The minimum atomic E-state index is 1.08. The SMILES string of the molecule is CCCCCCCCN1C=Cc2cc(C)ccc2C1. The van der Waals surface area contributed by atoms with E-state index in [-0.39, 0.29) is 0 Å². The van der Waals surface area contributed by atoms with E-state index in [9.17, 15) is 0 Å². The van der Waals surface area contributed by atoms with E-state index in [0.29, 0.717) is 0 Å². The van der Waals surface area contributed by atoms with Gasteiger partial charge in [0.05, 0.1) is 0 Å². The first-order valence-corrected chi connectivity index (χ1v) is 7.81. The highest BCUT2D eigenvalue weighted by atomic mass is 15.1. The predicted molar refractivity (Wildman–Crippen MR) is 84.0 cm³/mol. The summed E-state index contributed by atoms with van der Waals surface area (Å²) >= 11 is 0. The molecule has 0 bridgehead atoms. The number of aryl methyl sites for hydroxylation is 1. The maximum absolute atomic E-state index is 2.46. The van der Waals surface area contributed by atoms with Gasteiger partial charge in [0.2, 0.25) is 0 Å². The molecule has 0 radical (unpaired) electrons. The Hall–Kier alpha value is -1.24. The van der Waals surface area contributed by atoms with Crippen LogP contribution in [-0.2, 0) is 6.54 Å². The van der Waals surface area contributed by atoms with E-state index in [1.165, 1.54) is 61.8 Å². The Morgan fingerprint density at radius 3 is 2.68 bits per heavy atom. The van der Waals surface area contributed by atoms with E-state index in [1.54, 1.807) is 0 Å². The molecule has 0 aromatic heterocycles. The number of nitrogens with zero attached hydrogens (tertiary/aromatic N) is 1. The molecule has 1 nitrogen and oxygen atoms in total. The molecule has 1 heterocycles. The molecule has 0 unspecified atom stereocenters. The second kappa shape index (κ2) is 7.37. The summed E-state index contributed by atoms with van der Waals surface area (Å²) in [5, 5.41) is 0. The highest BCUT2D eigenvalue weighted by molar-refractivity contribution is 5.56. The highest BCUT2D eigenvalue weighted by Crippen LogP contribution is 2.21. The van der Waals surface area contributed by atoms with Crippen LogP contribution in [0.5, 0.6) is 0 Å². The van der Waals surface area contributed by atoms with Crippen molar-refractivity contribution in [2.75, 3.05) is 6.54 Å². The van der Waals surface area contributed by atoms with Crippen LogP contribution in [0.15, 0.2) is 24.4 Å². The van der Waals surface area contributed by atoms with Gasteiger partial charge in [0.15, 0.2) is 0 Å². The fourth-order valence-electron chi connectivity index (χ4n) is 2.72. The Labute approximate surface area is 118 Å². The molecule has 0 spiro atoms. The molecule has 0 saturated carbocycles. The third-order valence-electron chi connectivity index (χ3n) is 3.94. The van der Waals surface area contributed by atoms with Gasteiger partial charge in [-0.1, -0.05) is 62.8 Å². The lowest BCUT2D eigenvalue weighted by atomic mass is 10.0. The predicted octanol–water partition coefficient (Wildman–Crippen LogP) is 5.14. The van der Waals surface area contributed by atoms with Crippen LogP contribution in [0.2, 0.25) is 0 Å². The quantitative estimate of drug-likeness (QED) is 0.611. The van der Waals surface area contributed by atoms with Crippen molar-refractivity contribution in [2.24, 2.45) is 0 Å². The van der Waals surface area contributed by atoms with Crippen LogP contribution in [0, 0.1) is 6.92 Å². The Kier molecular flexibility index (Phi) is 5.50. The van der Waals surface area contributed by atoms with Crippen LogP contribution in [-0.4, -0.2) is 11.4 Å². The third-order valence-corrected chi connectivity index (χ3v) is 3.94. The fourth-order valence-corrected chi connectivity index (χ4v) is 2.72. The van der Waals surface area contributed by atoms with Gasteiger partial charge in [-0.15, -0.1) is 0 Å². The Bertz CT molecular complexity index is 420. The highest BCUT2D eigenvalue weighted by Gasteiger charge is 2.09. The zero-order valence-electron chi connectivity index (χ0n) is 12.5. The average molecular weight is 257 g/mol. The first kappa shape index (κ1) is 14.2. The molecule has 104 valence electrons. The van der Waals surface area contributed by atoms with Gasteiger partial charge in [0.1, 0.15) is 0 Å². The van der Waals surface area contributed by atoms with Gasteiger partial charge in [0.25, 0.3) is 0 Å². The third kappa shape index (κ3) is 4.41. The van der Waals surface area contributed by atoms with Gasteiger partial charge in [-0.25, -0.2) is 0 Å². The van der Waals surface area contributed by atoms with Crippen molar-refractivity contribution in [3.05, 3.63) is 41.1 Å². The largest absolute Gasteiger partial charge is 0.373 e. The molecule has 19 heavy (non-hydrogen) atoms. The van der Waals surface area contributed by atoms with Crippen LogP contribution in [0.3, 0.4) is 0 Å². The monoisotopic (exact) mass is 257 g/mol. The molecule has 0 N–H and O–H groups in total. The minimum Gasteiger partial charge on any atom is -0.373 e. The first-order valence-electron chi connectivity index (χ1n) is 7.81. The zero-order chi connectivity index (χ0) is 13.5. The van der Waals surface area contributed by atoms with E-state index in [2.05, 4.69) is 49.2 Å². The van der Waals surface area contributed by atoms with E-state index in [0.717, 1.165) is 6.54 Å². The van der Waals surface area contributed by atoms with Crippen molar-refractivity contribution in [2.45, 2.75) is 58.9 Å². The van der Waals surface area contributed by atoms with E-state index in [4.69, 9.17) is 0 Å². The molecule has 0 fully saturated rings. The van der Waals surface area contributed by atoms with Crippen LogP contribution < -0.4 is 0 Å². The van der Waals surface area contributed by atoms with Crippen molar-refractivity contribution < 1.29 is 0 Å². The Morgan fingerprint density at radius 1 is 1.05 bits per heavy atom. The standard InChI is InChI=1S/C18H27N/c1-3-4-5-6-7-8-12-19-13-11-17-14-16(2)9-10-18(17)15-19/h9-11,13-14H,3-8,12,15H2,1-2H3. The number of benzene rings is 1. The number of fused-ring (bicyclic) bond motifs is 1. The molecule has 0 amide bonds. The van der Waals surface area contributed by atoms with Crippen LogP contribution >= 0.6 is 0 Å². The molecule has 0 atom stereocenters. The number of rotatable bonds is 7. The molecular weight excluding hydrogens is 230 g/mol. The van der Waals surface area contributed by atoms with Gasteiger partial charge in [-0.05, 0) is 36.7 Å². The van der Waals surface area contributed by atoms with Gasteiger partial charge < -0.3 is 4.90 Å². The lowest BCUT2D eigenvalue weighted by molar-refractivity contribution is 0.353. The van der Waals surface area contributed by atoms with Crippen molar-refractivity contribution in [1.29, 1.82) is 0 Å². The minimum absolute atomic E-state index is 1.08. The summed E-state index contributed by atoms with van der Waals surface area (Å²) < 4.78 is 0. The topological polar surface area (TPSA) is 3.24 Å². The second-order valence-corrected chi connectivity index (χ2v) is 5.76. The summed E-state index contributed by atoms with van der Waals surface area (Å²) in [5.74, 6) is 0. The molecule has 0 aliphatic carbocycles.